The lowest BCUT2D eigenvalue weighted by Gasteiger charge is -2.35. The fourth-order valence-electron chi connectivity index (χ4n) is 2.12. The van der Waals surface area contributed by atoms with Gasteiger partial charge in [-0.1, -0.05) is 30.3 Å². The number of amides is 1. The highest BCUT2D eigenvalue weighted by Crippen LogP contribution is 2.21. The van der Waals surface area contributed by atoms with Gasteiger partial charge in [-0.15, -0.1) is 0 Å². The highest BCUT2D eigenvalue weighted by atomic mass is 16.5. The predicted molar refractivity (Wildman–Crippen MR) is 68.0 cm³/mol. The molecule has 2 atom stereocenters. The van der Waals surface area contributed by atoms with Crippen molar-refractivity contribution in [3.63, 3.8) is 0 Å². The Morgan fingerprint density at radius 2 is 2.05 bits per heavy atom. The summed E-state index contributed by atoms with van der Waals surface area (Å²) in [6.45, 7) is 0.193. The molecule has 1 saturated heterocycles. The minimum Gasteiger partial charge on any atom is -0.461 e. The van der Waals surface area contributed by atoms with Crippen LogP contribution in [-0.4, -0.2) is 29.6 Å². The maximum Gasteiger partial charge on any atom is 0.308 e. The summed E-state index contributed by atoms with van der Waals surface area (Å²) in [5.74, 6) is -0.707. The quantitative estimate of drug-likeness (QED) is 0.582. The average Bonchev–Trinajstić information content (AvgIpc) is 2.43. The van der Waals surface area contributed by atoms with Crippen LogP contribution in [0.4, 0.5) is 0 Å². The first-order chi connectivity index (χ1) is 9.20. The first-order valence-electron chi connectivity index (χ1n) is 6.31. The van der Waals surface area contributed by atoms with Gasteiger partial charge in [-0.3, -0.25) is 9.59 Å². The van der Waals surface area contributed by atoms with Crippen LogP contribution in [0.5, 0.6) is 0 Å². The predicted octanol–water partition coefficient (Wildman–Crippen LogP) is 0.617. The molecule has 1 amide bonds. The van der Waals surface area contributed by atoms with Crippen molar-refractivity contribution >= 4 is 11.9 Å². The standard InChI is InChI=1S/C14H17NO4/c16-7-6-11-12(15-14(11)18)8-13(17)19-9-10-4-2-1-3-5-10/h1-5,11-12,16H,6-9H2,(H,15,18). The minimum absolute atomic E-state index is 0.0480. The number of β-lactam (4-membered cyclic amide) rings is 1. The Bertz CT molecular complexity index is 446. The van der Waals surface area contributed by atoms with E-state index in [2.05, 4.69) is 5.32 Å². The number of aliphatic hydroxyl groups excluding tert-OH is 1. The molecule has 1 aliphatic rings. The van der Waals surface area contributed by atoms with Crippen LogP contribution in [0.15, 0.2) is 30.3 Å². The maximum absolute atomic E-state index is 11.6. The normalized spacial score (nSPS) is 21.4. The summed E-state index contributed by atoms with van der Waals surface area (Å²) in [5.41, 5.74) is 0.931. The zero-order valence-electron chi connectivity index (χ0n) is 10.5. The molecule has 0 spiro atoms. The molecule has 1 fully saturated rings. The largest absolute Gasteiger partial charge is 0.461 e. The van der Waals surface area contributed by atoms with Gasteiger partial charge in [0.05, 0.1) is 18.4 Å². The molecule has 0 bridgehead atoms. The summed E-state index contributed by atoms with van der Waals surface area (Å²) in [7, 11) is 0. The van der Waals surface area contributed by atoms with E-state index in [4.69, 9.17) is 9.84 Å². The zero-order valence-corrected chi connectivity index (χ0v) is 10.5. The van der Waals surface area contributed by atoms with E-state index in [0.29, 0.717) is 6.42 Å². The van der Waals surface area contributed by atoms with E-state index in [-0.39, 0.29) is 43.5 Å². The molecule has 2 N–H and O–H groups in total. The van der Waals surface area contributed by atoms with E-state index >= 15 is 0 Å². The fraction of sp³-hybridized carbons (Fsp3) is 0.429. The van der Waals surface area contributed by atoms with Gasteiger partial charge in [0.2, 0.25) is 5.91 Å². The van der Waals surface area contributed by atoms with Gasteiger partial charge in [-0.05, 0) is 12.0 Å². The molecular formula is C14H17NO4. The molecule has 2 rings (SSSR count). The molecule has 1 aromatic rings. The molecule has 19 heavy (non-hydrogen) atoms. The number of carbonyl (C=O) groups excluding carboxylic acids is 2. The van der Waals surface area contributed by atoms with Gasteiger partial charge in [-0.25, -0.2) is 0 Å². The minimum atomic E-state index is -0.336. The lowest BCUT2D eigenvalue weighted by Crippen LogP contribution is -2.59. The van der Waals surface area contributed by atoms with Crippen LogP contribution in [-0.2, 0) is 20.9 Å². The molecular weight excluding hydrogens is 246 g/mol. The molecule has 1 aliphatic heterocycles. The Balaban J connectivity index is 1.74. The van der Waals surface area contributed by atoms with Crippen LogP contribution in [0, 0.1) is 5.92 Å². The van der Waals surface area contributed by atoms with Crippen molar-refractivity contribution in [1.82, 2.24) is 5.32 Å². The molecule has 102 valence electrons. The Morgan fingerprint density at radius 3 is 2.68 bits per heavy atom. The van der Waals surface area contributed by atoms with Crippen LogP contribution in [0.2, 0.25) is 0 Å². The smallest absolute Gasteiger partial charge is 0.308 e. The van der Waals surface area contributed by atoms with Crippen LogP contribution in [0.3, 0.4) is 0 Å². The van der Waals surface area contributed by atoms with Crippen LogP contribution >= 0.6 is 0 Å². The van der Waals surface area contributed by atoms with E-state index in [9.17, 15) is 9.59 Å². The van der Waals surface area contributed by atoms with Gasteiger partial charge in [0.1, 0.15) is 6.61 Å². The third kappa shape index (κ3) is 3.54. The summed E-state index contributed by atoms with van der Waals surface area (Å²) in [4.78, 5) is 22.9. The molecule has 5 heteroatoms. The molecule has 1 aromatic carbocycles. The average molecular weight is 263 g/mol. The van der Waals surface area contributed by atoms with Crippen molar-refractivity contribution in [3.05, 3.63) is 35.9 Å². The van der Waals surface area contributed by atoms with Crippen molar-refractivity contribution < 1.29 is 19.4 Å². The van der Waals surface area contributed by atoms with Crippen LogP contribution < -0.4 is 5.32 Å². The third-order valence-electron chi connectivity index (χ3n) is 3.22. The van der Waals surface area contributed by atoms with Gasteiger partial charge in [0, 0.05) is 6.61 Å². The van der Waals surface area contributed by atoms with E-state index in [0.717, 1.165) is 5.56 Å². The fourth-order valence-corrected chi connectivity index (χ4v) is 2.12. The lowest BCUT2D eigenvalue weighted by atomic mass is 9.86. The zero-order chi connectivity index (χ0) is 13.7. The molecule has 5 nitrogen and oxygen atoms in total. The van der Waals surface area contributed by atoms with Crippen LogP contribution in [0.25, 0.3) is 0 Å². The summed E-state index contributed by atoms with van der Waals surface area (Å²) in [6.07, 6.45) is 0.547. The van der Waals surface area contributed by atoms with Crippen LogP contribution in [0.1, 0.15) is 18.4 Å². The molecule has 0 radical (unpaired) electrons. The summed E-state index contributed by atoms with van der Waals surface area (Å²) in [5, 5.41) is 11.5. The summed E-state index contributed by atoms with van der Waals surface area (Å²) in [6, 6.07) is 9.22. The molecule has 2 unspecified atom stereocenters. The number of ether oxygens (including phenoxy) is 1. The van der Waals surface area contributed by atoms with Gasteiger partial charge in [0.25, 0.3) is 0 Å². The van der Waals surface area contributed by atoms with Crippen molar-refractivity contribution in [3.8, 4) is 0 Å². The monoisotopic (exact) mass is 263 g/mol. The Morgan fingerprint density at radius 1 is 1.32 bits per heavy atom. The number of hydrogen-bond donors (Lipinski definition) is 2. The van der Waals surface area contributed by atoms with Crippen molar-refractivity contribution in [1.29, 1.82) is 0 Å². The van der Waals surface area contributed by atoms with Crippen molar-refractivity contribution in [2.24, 2.45) is 5.92 Å². The SMILES string of the molecule is O=C(CC1NC(=O)C1CCO)OCc1ccccc1. The van der Waals surface area contributed by atoms with Crippen molar-refractivity contribution in [2.75, 3.05) is 6.61 Å². The first-order valence-corrected chi connectivity index (χ1v) is 6.31. The Labute approximate surface area is 111 Å². The number of aliphatic hydroxyl groups is 1. The lowest BCUT2D eigenvalue weighted by molar-refractivity contribution is -0.149. The van der Waals surface area contributed by atoms with Gasteiger partial charge in [-0.2, -0.15) is 0 Å². The van der Waals surface area contributed by atoms with E-state index in [1.807, 2.05) is 30.3 Å². The number of rotatable bonds is 6. The second-order valence-electron chi connectivity index (χ2n) is 4.58. The van der Waals surface area contributed by atoms with Gasteiger partial charge in [0.15, 0.2) is 0 Å². The molecule has 1 heterocycles. The summed E-state index contributed by atoms with van der Waals surface area (Å²) < 4.78 is 5.14. The topological polar surface area (TPSA) is 75.6 Å². The second kappa shape index (κ2) is 6.33. The molecule has 0 aromatic heterocycles. The van der Waals surface area contributed by atoms with E-state index in [1.54, 1.807) is 0 Å². The molecule has 0 aliphatic carbocycles. The van der Waals surface area contributed by atoms with E-state index in [1.165, 1.54) is 0 Å². The number of hydrogen-bond acceptors (Lipinski definition) is 4. The Hall–Kier alpha value is -1.88. The number of carbonyl (C=O) groups is 2. The van der Waals surface area contributed by atoms with Crippen molar-refractivity contribution in [2.45, 2.75) is 25.5 Å². The highest BCUT2D eigenvalue weighted by Gasteiger charge is 2.39. The van der Waals surface area contributed by atoms with Gasteiger partial charge >= 0.3 is 5.97 Å². The maximum atomic E-state index is 11.6. The number of nitrogens with one attached hydrogen (secondary N) is 1. The second-order valence-corrected chi connectivity index (χ2v) is 4.58. The highest BCUT2D eigenvalue weighted by molar-refractivity contribution is 5.87. The number of benzene rings is 1. The Kier molecular flexibility index (Phi) is 4.52. The summed E-state index contributed by atoms with van der Waals surface area (Å²) >= 11 is 0. The molecule has 0 saturated carbocycles. The van der Waals surface area contributed by atoms with Gasteiger partial charge < -0.3 is 15.2 Å². The number of esters is 1. The first kappa shape index (κ1) is 13.5. The third-order valence-corrected chi connectivity index (χ3v) is 3.22. The van der Waals surface area contributed by atoms with E-state index < -0.39 is 0 Å².